The number of aryl methyl sites for hydroxylation is 1. The van der Waals surface area contributed by atoms with Gasteiger partial charge in [0.25, 0.3) is 0 Å². The van der Waals surface area contributed by atoms with E-state index in [0.29, 0.717) is 18.6 Å². The van der Waals surface area contributed by atoms with Crippen molar-refractivity contribution in [1.29, 1.82) is 5.26 Å². The van der Waals surface area contributed by atoms with Gasteiger partial charge in [0.15, 0.2) is 0 Å². The molecule has 25 heavy (non-hydrogen) atoms. The van der Waals surface area contributed by atoms with E-state index in [-0.39, 0.29) is 5.56 Å². The lowest BCUT2D eigenvalue weighted by atomic mass is 10.0. The van der Waals surface area contributed by atoms with Crippen molar-refractivity contribution >= 4 is 5.97 Å². The molecule has 2 aromatic rings. The second-order valence-corrected chi connectivity index (χ2v) is 5.53. The molecule has 0 aliphatic heterocycles. The number of carbonyl (C=O) groups excluding carboxylic acids is 1. The molecule has 0 aliphatic rings. The summed E-state index contributed by atoms with van der Waals surface area (Å²) in [6.07, 6.45) is 3.70. The van der Waals surface area contributed by atoms with Crippen molar-refractivity contribution in [2.45, 2.75) is 32.6 Å². The molecule has 0 N–H and O–H groups in total. The summed E-state index contributed by atoms with van der Waals surface area (Å²) >= 11 is 0. The van der Waals surface area contributed by atoms with E-state index in [1.807, 2.05) is 0 Å². The Hall–Kier alpha value is -2.81. The number of benzene rings is 2. The second kappa shape index (κ2) is 8.34. The molecule has 0 spiro atoms. The first-order valence-corrected chi connectivity index (χ1v) is 7.86. The molecule has 0 bridgehead atoms. The monoisotopic (exact) mass is 347 g/mol. The van der Waals surface area contributed by atoms with Crippen molar-refractivity contribution < 1.29 is 22.7 Å². The van der Waals surface area contributed by atoms with Crippen LogP contribution >= 0.6 is 0 Å². The molecule has 0 saturated heterocycles. The Morgan fingerprint density at radius 3 is 2.32 bits per heavy atom. The number of hydrogen-bond acceptors (Lipinski definition) is 3. The van der Waals surface area contributed by atoms with Gasteiger partial charge in [0.05, 0.1) is 5.56 Å². The van der Waals surface area contributed by atoms with Crippen molar-refractivity contribution in [3.63, 3.8) is 0 Å². The van der Waals surface area contributed by atoms with Crippen LogP contribution in [-0.4, -0.2) is 5.97 Å². The fourth-order valence-corrected chi connectivity index (χ4v) is 2.34. The van der Waals surface area contributed by atoms with E-state index in [4.69, 9.17) is 10.00 Å². The standard InChI is InChI=1S/C19H16F3NO2/c1-2-3-4-5-12-6-7-14(16(20)8-12)19(24)25-13-9-17(21)15(11-23)18(22)10-13/h6-10H,2-5H2,1H3. The van der Waals surface area contributed by atoms with Crippen LogP contribution in [0.5, 0.6) is 5.75 Å². The van der Waals surface area contributed by atoms with Crippen LogP contribution in [0, 0.1) is 28.8 Å². The minimum absolute atomic E-state index is 0.329. The van der Waals surface area contributed by atoms with Crippen molar-refractivity contribution in [2.75, 3.05) is 0 Å². The van der Waals surface area contributed by atoms with Crippen LogP contribution in [0.15, 0.2) is 30.3 Å². The quantitative estimate of drug-likeness (QED) is 0.423. The number of nitrogens with zero attached hydrogens (tertiary/aromatic N) is 1. The number of rotatable bonds is 6. The predicted molar refractivity (Wildman–Crippen MR) is 85.7 cm³/mol. The summed E-state index contributed by atoms with van der Waals surface area (Å²) in [7, 11) is 0. The van der Waals surface area contributed by atoms with Crippen molar-refractivity contribution in [2.24, 2.45) is 0 Å². The van der Waals surface area contributed by atoms with E-state index in [9.17, 15) is 18.0 Å². The smallest absolute Gasteiger partial charge is 0.346 e. The van der Waals surface area contributed by atoms with E-state index >= 15 is 0 Å². The van der Waals surface area contributed by atoms with E-state index in [2.05, 4.69) is 6.92 Å². The third kappa shape index (κ3) is 4.60. The first-order valence-electron chi connectivity index (χ1n) is 7.86. The molecule has 0 amide bonds. The molecule has 6 heteroatoms. The molecule has 2 aromatic carbocycles. The largest absolute Gasteiger partial charge is 0.423 e. The highest BCUT2D eigenvalue weighted by molar-refractivity contribution is 5.91. The Bertz CT molecular complexity index is 805. The van der Waals surface area contributed by atoms with Crippen LogP contribution in [0.4, 0.5) is 13.2 Å². The average molecular weight is 347 g/mol. The van der Waals surface area contributed by atoms with Gasteiger partial charge in [-0.25, -0.2) is 18.0 Å². The van der Waals surface area contributed by atoms with Gasteiger partial charge < -0.3 is 4.74 Å². The molecule has 0 fully saturated rings. The van der Waals surface area contributed by atoms with Gasteiger partial charge >= 0.3 is 5.97 Å². The molecule has 0 saturated carbocycles. The average Bonchev–Trinajstić information content (AvgIpc) is 2.55. The highest BCUT2D eigenvalue weighted by Crippen LogP contribution is 2.22. The zero-order valence-electron chi connectivity index (χ0n) is 13.6. The Morgan fingerprint density at radius 1 is 1.08 bits per heavy atom. The van der Waals surface area contributed by atoms with Gasteiger partial charge in [-0.15, -0.1) is 0 Å². The minimum atomic E-state index is -1.16. The van der Waals surface area contributed by atoms with E-state index < -0.39 is 34.7 Å². The molecule has 0 heterocycles. The van der Waals surface area contributed by atoms with Crippen molar-refractivity contribution in [3.05, 3.63) is 64.5 Å². The maximum Gasteiger partial charge on any atom is 0.346 e. The Labute approximate surface area is 143 Å². The molecule has 0 radical (unpaired) electrons. The molecule has 2 rings (SSSR count). The van der Waals surface area contributed by atoms with Gasteiger partial charge in [-0.05, 0) is 30.5 Å². The minimum Gasteiger partial charge on any atom is -0.423 e. The van der Waals surface area contributed by atoms with Gasteiger partial charge in [-0.3, -0.25) is 0 Å². The Morgan fingerprint density at radius 2 is 1.76 bits per heavy atom. The van der Waals surface area contributed by atoms with Gasteiger partial charge in [0.1, 0.15) is 34.8 Å². The zero-order chi connectivity index (χ0) is 18.4. The maximum atomic E-state index is 14.1. The van der Waals surface area contributed by atoms with Crippen molar-refractivity contribution in [3.8, 4) is 11.8 Å². The number of esters is 1. The molecule has 0 aromatic heterocycles. The summed E-state index contributed by atoms with van der Waals surface area (Å²) in [6.45, 7) is 2.06. The summed E-state index contributed by atoms with van der Waals surface area (Å²) in [5.41, 5.74) is -0.343. The van der Waals surface area contributed by atoms with Crippen LogP contribution in [-0.2, 0) is 6.42 Å². The molecule has 0 aliphatic carbocycles. The van der Waals surface area contributed by atoms with Crippen LogP contribution < -0.4 is 4.74 Å². The fraction of sp³-hybridized carbons (Fsp3) is 0.263. The predicted octanol–water partition coefficient (Wildman–Crippen LogP) is 4.93. The molecule has 0 unspecified atom stereocenters. The van der Waals surface area contributed by atoms with Gasteiger partial charge in [0.2, 0.25) is 0 Å². The third-order valence-corrected chi connectivity index (χ3v) is 3.66. The molecular formula is C19H16F3NO2. The summed E-state index contributed by atoms with van der Waals surface area (Å²) in [4.78, 5) is 12.0. The lowest BCUT2D eigenvalue weighted by Crippen LogP contribution is -2.11. The topological polar surface area (TPSA) is 50.1 Å². The first kappa shape index (κ1) is 18.5. The molecule has 3 nitrogen and oxygen atoms in total. The Balaban J connectivity index is 2.15. The fourth-order valence-electron chi connectivity index (χ4n) is 2.34. The van der Waals surface area contributed by atoms with Gasteiger partial charge in [-0.2, -0.15) is 5.26 Å². The second-order valence-electron chi connectivity index (χ2n) is 5.53. The number of halogens is 3. The lowest BCUT2D eigenvalue weighted by molar-refractivity contribution is 0.0729. The summed E-state index contributed by atoms with van der Waals surface area (Å²) in [5.74, 6) is -4.57. The Kier molecular flexibility index (Phi) is 6.18. The van der Waals surface area contributed by atoms with E-state index in [1.165, 1.54) is 18.2 Å². The van der Waals surface area contributed by atoms with Gasteiger partial charge in [-0.1, -0.05) is 25.8 Å². The number of carbonyl (C=O) groups is 1. The van der Waals surface area contributed by atoms with Gasteiger partial charge in [0, 0.05) is 12.1 Å². The lowest BCUT2D eigenvalue weighted by Gasteiger charge is -2.08. The highest BCUT2D eigenvalue weighted by Gasteiger charge is 2.17. The third-order valence-electron chi connectivity index (χ3n) is 3.66. The zero-order valence-corrected chi connectivity index (χ0v) is 13.6. The van der Waals surface area contributed by atoms with E-state index in [0.717, 1.165) is 24.8 Å². The van der Waals surface area contributed by atoms with Crippen LogP contribution in [0.1, 0.15) is 47.7 Å². The van der Waals surface area contributed by atoms with Crippen LogP contribution in [0.3, 0.4) is 0 Å². The molecule has 130 valence electrons. The number of nitriles is 1. The molecular weight excluding hydrogens is 331 g/mol. The highest BCUT2D eigenvalue weighted by atomic mass is 19.1. The summed E-state index contributed by atoms with van der Waals surface area (Å²) < 4.78 is 45.9. The SMILES string of the molecule is CCCCCc1ccc(C(=O)Oc2cc(F)c(C#N)c(F)c2)c(F)c1. The number of ether oxygens (including phenoxy) is 1. The maximum absolute atomic E-state index is 14.1. The summed E-state index contributed by atoms with van der Waals surface area (Å²) in [6, 6.07) is 6.93. The van der Waals surface area contributed by atoms with Crippen LogP contribution in [0.25, 0.3) is 0 Å². The normalized spacial score (nSPS) is 10.4. The number of hydrogen-bond donors (Lipinski definition) is 0. The molecule has 0 atom stereocenters. The van der Waals surface area contributed by atoms with Crippen LogP contribution in [0.2, 0.25) is 0 Å². The summed E-state index contributed by atoms with van der Waals surface area (Å²) in [5, 5.41) is 8.60. The van der Waals surface area contributed by atoms with Crippen molar-refractivity contribution in [1.82, 2.24) is 0 Å². The van der Waals surface area contributed by atoms with E-state index in [1.54, 1.807) is 6.07 Å². The number of unbranched alkanes of at least 4 members (excludes halogenated alkanes) is 2. The first-order chi connectivity index (χ1) is 12.0.